The first-order valence-corrected chi connectivity index (χ1v) is 10.7. The topological polar surface area (TPSA) is 160 Å². The molecule has 0 aliphatic carbocycles. The summed E-state index contributed by atoms with van der Waals surface area (Å²) < 4.78 is 9.63. The van der Waals surface area contributed by atoms with Crippen molar-refractivity contribution >= 4 is 35.5 Å². The maximum atomic E-state index is 12.8. The Morgan fingerprint density at radius 1 is 0.914 bits per heavy atom. The van der Waals surface area contributed by atoms with Gasteiger partial charge in [0.25, 0.3) is 0 Å². The zero-order valence-electron chi connectivity index (χ0n) is 19.3. The number of carbonyl (C=O) groups is 5. The van der Waals surface area contributed by atoms with Crippen molar-refractivity contribution in [3.05, 3.63) is 65.7 Å². The van der Waals surface area contributed by atoms with Crippen molar-refractivity contribution in [3.63, 3.8) is 0 Å². The summed E-state index contributed by atoms with van der Waals surface area (Å²) in [7, 11) is 1.17. The molecule has 186 valence electrons. The third-order valence-corrected chi connectivity index (χ3v) is 4.74. The summed E-state index contributed by atoms with van der Waals surface area (Å²) in [6.45, 7) is 1.90. The van der Waals surface area contributed by atoms with Gasteiger partial charge in [0, 0.05) is 12.1 Å². The van der Waals surface area contributed by atoms with Gasteiger partial charge in [-0.1, -0.05) is 30.3 Å². The number of carboxylic acids is 1. The van der Waals surface area contributed by atoms with Gasteiger partial charge in [0.15, 0.2) is 0 Å². The summed E-state index contributed by atoms with van der Waals surface area (Å²) >= 11 is 0. The van der Waals surface area contributed by atoms with Crippen LogP contribution in [0.25, 0.3) is 0 Å². The van der Waals surface area contributed by atoms with Crippen molar-refractivity contribution in [3.8, 4) is 0 Å². The van der Waals surface area contributed by atoms with Crippen molar-refractivity contribution in [1.29, 1.82) is 0 Å². The maximum absolute atomic E-state index is 12.8. The summed E-state index contributed by atoms with van der Waals surface area (Å²) in [5.74, 6) is -3.44. The summed E-state index contributed by atoms with van der Waals surface area (Å²) in [5.41, 5.74) is 1.32. The van der Waals surface area contributed by atoms with Gasteiger partial charge < -0.3 is 30.5 Å². The summed E-state index contributed by atoms with van der Waals surface area (Å²) in [5, 5.41) is 16.4. The number of amides is 3. The Bertz CT molecular complexity index is 1040. The third-order valence-electron chi connectivity index (χ3n) is 4.74. The van der Waals surface area contributed by atoms with Gasteiger partial charge in [-0.2, -0.15) is 0 Å². The first-order valence-electron chi connectivity index (χ1n) is 10.7. The lowest BCUT2D eigenvalue weighted by molar-refractivity contribution is -0.145. The van der Waals surface area contributed by atoms with E-state index < -0.39 is 48.4 Å². The number of ether oxygens (including phenoxy) is 2. The number of hydrogen-bond donors (Lipinski definition) is 4. The smallest absolute Gasteiger partial charge is 0.338 e. The first-order chi connectivity index (χ1) is 16.7. The number of methoxy groups -OCH3 is 1. The van der Waals surface area contributed by atoms with Gasteiger partial charge in [-0.25, -0.2) is 14.4 Å². The number of carboxylic acid groups (broad SMARTS) is 1. The number of benzene rings is 2. The predicted octanol–water partition coefficient (Wildman–Crippen LogP) is 1.73. The van der Waals surface area contributed by atoms with Gasteiger partial charge in [-0.3, -0.25) is 9.59 Å². The fraction of sp³-hybridized carbons (Fsp3) is 0.292. The van der Waals surface area contributed by atoms with Crippen LogP contribution < -0.4 is 16.0 Å². The lowest BCUT2D eigenvalue weighted by atomic mass is 10.1. The second-order valence-corrected chi connectivity index (χ2v) is 7.32. The molecule has 0 spiro atoms. The molecule has 2 unspecified atom stereocenters. The Morgan fingerprint density at radius 2 is 1.57 bits per heavy atom. The van der Waals surface area contributed by atoms with Gasteiger partial charge in [-0.15, -0.1) is 0 Å². The molecule has 3 amide bonds. The minimum absolute atomic E-state index is 0.109. The van der Waals surface area contributed by atoms with E-state index in [4.69, 9.17) is 9.47 Å². The molecule has 0 aliphatic heterocycles. The van der Waals surface area contributed by atoms with Crippen molar-refractivity contribution in [2.45, 2.75) is 31.8 Å². The Hall–Kier alpha value is -4.41. The second kappa shape index (κ2) is 13.3. The highest BCUT2D eigenvalue weighted by Crippen LogP contribution is 2.11. The van der Waals surface area contributed by atoms with Crippen molar-refractivity contribution < 1.29 is 38.6 Å². The largest absolute Gasteiger partial charge is 0.481 e. The Morgan fingerprint density at radius 3 is 2.14 bits per heavy atom. The zero-order chi connectivity index (χ0) is 25.8. The molecular weight excluding hydrogens is 458 g/mol. The lowest BCUT2D eigenvalue weighted by Gasteiger charge is -2.21. The van der Waals surface area contributed by atoms with Gasteiger partial charge in [0.05, 0.1) is 25.7 Å². The van der Waals surface area contributed by atoms with E-state index in [2.05, 4.69) is 16.0 Å². The summed E-state index contributed by atoms with van der Waals surface area (Å²) in [6.07, 6.45) is -0.613. The van der Waals surface area contributed by atoms with Crippen LogP contribution in [0.2, 0.25) is 0 Å². The Kier molecular flexibility index (Phi) is 10.2. The van der Waals surface area contributed by atoms with Crippen molar-refractivity contribution in [1.82, 2.24) is 10.6 Å². The number of aliphatic carboxylic acids is 1. The molecule has 2 aromatic rings. The molecule has 0 radical (unpaired) electrons. The van der Waals surface area contributed by atoms with Crippen LogP contribution in [0.1, 0.15) is 29.3 Å². The number of hydrogen-bond acceptors (Lipinski definition) is 7. The van der Waals surface area contributed by atoms with Crippen LogP contribution in [-0.2, 0) is 30.3 Å². The fourth-order valence-corrected chi connectivity index (χ4v) is 3.07. The van der Waals surface area contributed by atoms with E-state index in [1.807, 2.05) is 0 Å². The van der Waals surface area contributed by atoms with E-state index in [0.717, 1.165) is 5.56 Å². The standard InChI is InChI=1S/C24H27N3O8/c1-3-35-22(31)16-9-11-17(12-10-16)25-24(33)27-18(14-20(28)29)21(30)26-19(23(32)34-2)13-15-7-5-4-6-8-15/h4-12,18-19H,3,13-14H2,1-2H3,(H,26,30)(H,28,29)(H2,25,27,33). The average Bonchev–Trinajstić information content (AvgIpc) is 2.83. The summed E-state index contributed by atoms with van der Waals surface area (Å²) in [4.78, 5) is 60.4. The minimum Gasteiger partial charge on any atom is -0.481 e. The van der Waals surface area contributed by atoms with E-state index >= 15 is 0 Å². The zero-order valence-corrected chi connectivity index (χ0v) is 19.3. The SMILES string of the molecule is CCOC(=O)c1ccc(NC(=O)NC(CC(=O)O)C(=O)NC(Cc2ccccc2)C(=O)OC)cc1. The van der Waals surface area contributed by atoms with Crippen LogP contribution in [0, 0.1) is 0 Å². The lowest BCUT2D eigenvalue weighted by Crippen LogP contribution is -2.53. The van der Waals surface area contributed by atoms with Crippen LogP contribution >= 0.6 is 0 Å². The van der Waals surface area contributed by atoms with Gasteiger partial charge in [-0.05, 0) is 36.8 Å². The molecular formula is C24H27N3O8. The highest BCUT2D eigenvalue weighted by Gasteiger charge is 2.29. The van der Waals surface area contributed by atoms with E-state index in [0.29, 0.717) is 5.69 Å². The Labute approximate surface area is 201 Å². The highest BCUT2D eigenvalue weighted by molar-refractivity contribution is 5.97. The molecule has 35 heavy (non-hydrogen) atoms. The normalized spacial score (nSPS) is 11.9. The molecule has 4 N–H and O–H groups in total. The molecule has 0 saturated heterocycles. The number of esters is 2. The molecule has 11 nitrogen and oxygen atoms in total. The molecule has 0 heterocycles. The van der Waals surface area contributed by atoms with Gasteiger partial charge >= 0.3 is 23.9 Å². The quantitative estimate of drug-likeness (QED) is 0.350. The van der Waals surface area contributed by atoms with Crippen molar-refractivity contribution in [2.75, 3.05) is 19.0 Å². The van der Waals surface area contributed by atoms with Gasteiger partial charge in [0.2, 0.25) is 5.91 Å². The highest BCUT2D eigenvalue weighted by atomic mass is 16.5. The molecule has 2 atom stereocenters. The summed E-state index contributed by atoms with van der Waals surface area (Å²) in [6, 6.07) is 11.2. The van der Waals surface area contributed by atoms with Gasteiger partial charge in [0.1, 0.15) is 12.1 Å². The van der Waals surface area contributed by atoms with Crippen LogP contribution in [0.15, 0.2) is 54.6 Å². The molecule has 2 aromatic carbocycles. The minimum atomic E-state index is -1.48. The molecule has 0 bridgehead atoms. The first kappa shape index (κ1) is 26.8. The third kappa shape index (κ3) is 8.80. The van der Waals surface area contributed by atoms with Crippen LogP contribution in [0.4, 0.5) is 10.5 Å². The second-order valence-electron chi connectivity index (χ2n) is 7.32. The van der Waals surface area contributed by atoms with E-state index in [9.17, 15) is 29.1 Å². The molecule has 0 saturated carbocycles. The molecule has 0 aromatic heterocycles. The van der Waals surface area contributed by atoms with E-state index in [-0.39, 0.29) is 18.6 Å². The fourth-order valence-electron chi connectivity index (χ4n) is 3.07. The Balaban J connectivity index is 2.06. The molecule has 11 heteroatoms. The number of urea groups is 1. The predicted molar refractivity (Wildman–Crippen MR) is 125 cm³/mol. The molecule has 0 fully saturated rings. The number of carbonyl (C=O) groups excluding carboxylic acids is 4. The van der Waals surface area contributed by atoms with E-state index in [1.165, 1.54) is 31.4 Å². The van der Waals surface area contributed by atoms with Crippen molar-refractivity contribution in [2.24, 2.45) is 0 Å². The number of nitrogens with one attached hydrogen (secondary N) is 3. The molecule has 0 aliphatic rings. The monoisotopic (exact) mass is 485 g/mol. The molecule has 2 rings (SSSR count). The number of anilines is 1. The maximum Gasteiger partial charge on any atom is 0.338 e. The van der Waals surface area contributed by atoms with Crippen LogP contribution in [-0.4, -0.2) is 60.8 Å². The van der Waals surface area contributed by atoms with Crippen LogP contribution in [0.3, 0.4) is 0 Å². The number of rotatable bonds is 11. The van der Waals surface area contributed by atoms with E-state index in [1.54, 1.807) is 37.3 Å². The average molecular weight is 485 g/mol. The van der Waals surface area contributed by atoms with Crippen LogP contribution in [0.5, 0.6) is 0 Å².